The minimum Gasteiger partial charge on any atom is -0.484 e. The van der Waals surface area contributed by atoms with Crippen molar-refractivity contribution in [1.82, 2.24) is 16.2 Å². The minimum absolute atomic E-state index is 0.0430. The summed E-state index contributed by atoms with van der Waals surface area (Å²) >= 11 is 0. The molecule has 0 radical (unpaired) electrons. The monoisotopic (exact) mass is 303 g/mol. The highest BCUT2D eigenvalue weighted by atomic mass is 16.5. The van der Waals surface area contributed by atoms with E-state index < -0.39 is 0 Å². The summed E-state index contributed by atoms with van der Waals surface area (Å²) in [6.07, 6.45) is 3.44. The lowest BCUT2D eigenvalue weighted by Gasteiger charge is -2.33. The van der Waals surface area contributed by atoms with Crippen LogP contribution in [-0.4, -0.2) is 31.1 Å². The maximum Gasteiger partial charge on any atom is 0.258 e. The maximum absolute atomic E-state index is 12.2. The van der Waals surface area contributed by atoms with E-state index >= 15 is 0 Å². The molecule has 0 aromatic heterocycles. The first-order chi connectivity index (χ1) is 10.6. The average molecular weight is 303 g/mol. The molecule has 0 spiro atoms. The minimum atomic E-state index is -0.0430. The summed E-state index contributed by atoms with van der Waals surface area (Å²) in [7, 11) is 0. The third kappa shape index (κ3) is 3.59. The largest absolute Gasteiger partial charge is 0.484 e. The van der Waals surface area contributed by atoms with E-state index in [0.717, 1.165) is 29.8 Å². The van der Waals surface area contributed by atoms with Crippen molar-refractivity contribution in [3.05, 3.63) is 29.3 Å². The molecular formula is C17H25N3O2. The number of benzene rings is 1. The summed E-state index contributed by atoms with van der Waals surface area (Å²) in [4.78, 5) is 12.2. The number of hydrogen-bond donors (Lipinski definition) is 3. The first-order valence-corrected chi connectivity index (χ1v) is 8.10. The molecule has 3 N–H and O–H groups in total. The van der Waals surface area contributed by atoms with Crippen LogP contribution >= 0.6 is 0 Å². The van der Waals surface area contributed by atoms with Crippen LogP contribution in [0.2, 0.25) is 0 Å². The molecule has 2 fully saturated rings. The number of aryl methyl sites for hydroxylation is 2. The number of fused-ring (bicyclic) bond motifs is 1. The second-order valence-corrected chi connectivity index (χ2v) is 6.53. The zero-order valence-corrected chi connectivity index (χ0v) is 13.3. The smallest absolute Gasteiger partial charge is 0.258 e. The standard InChI is InChI=1S/C17H25N3O2/c1-11-6-12(2)8-14(7-11)22-10-16(21)19-15-5-3-4-13-9-18-20-17(13)15/h6-8,13,15,17-18,20H,3-5,9-10H2,1-2H3,(H,19,21). The predicted octanol–water partition coefficient (Wildman–Crippen LogP) is 1.44. The molecule has 5 nitrogen and oxygen atoms in total. The topological polar surface area (TPSA) is 62.4 Å². The number of carbonyl (C=O) groups excluding carboxylic acids is 1. The van der Waals surface area contributed by atoms with Crippen molar-refractivity contribution in [1.29, 1.82) is 0 Å². The van der Waals surface area contributed by atoms with E-state index in [1.54, 1.807) is 0 Å². The Morgan fingerprint density at radius 2 is 2.05 bits per heavy atom. The van der Waals surface area contributed by atoms with Crippen molar-refractivity contribution < 1.29 is 9.53 Å². The summed E-state index contributed by atoms with van der Waals surface area (Å²) in [6.45, 7) is 5.13. The highest BCUT2D eigenvalue weighted by Crippen LogP contribution is 2.26. The molecule has 5 heteroatoms. The molecule has 0 bridgehead atoms. The molecule has 3 unspecified atom stereocenters. The second-order valence-electron chi connectivity index (χ2n) is 6.53. The van der Waals surface area contributed by atoms with Gasteiger partial charge in [0.15, 0.2) is 6.61 Å². The Labute approximate surface area is 131 Å². The molecule has 1 aromatic carbocycles. The summed E-state index contributed by atoms with van der Waals surface area (Å²) in [5, 5.41) is 3.12. The molecule has 1 aromatic rings. The third-order valence-electron chi connectivity index (χ3n) is 4.58. The number of amides is 1. The molecule has 1 aliphatic heterocycles. The van der Waals surface area contributed by atoms with Crippen molar-refractivity contribution in [3.63, 3.8) is 0 Å². The first-order valence-electron chi connectivity index (χ1n) is 8.10. The van der Waals surface area contributed by atoms with Crippen molar-refractivity contribution in [2.24, 2.45) is 5.92 Å². The summed E-state index contributed by atoms with van der Waals surface area (Å²) in [5.74, 6) is 1.34. The van der Waals surface area contributed by atoms with Crippen LogP contribution in [0.5, 0.6) is 5.75 Å². The van der Waals surface area contributed by atoms with Gasteiger partial charge in [-0.15, -0.1) is 0 Å². The number of nitrogens with one attached hydrogen (secondary N) is 3. The van der Waals surface area contributed by atoms with Gasteiger partial charge in [-0.2, -0.15) is 0 Å². The van der Waals surface area contributed by atoms with E-state index in [0.29, 0.717) is 12.0 Å². The van der Waals surface area contributed by atoms with Gasteiger partial charge in [-0.25, -0.2) is 0 Å². The molecule has 3 rings (SSSR count). The van der Waals surface area contributed by atoms with Gasteiger partial charge < -0.3 is 10.1 Å². The van der Waals surface area contributed by atoms with Crippen LogP contribution < -0.4 is 20.9 Å². The fourth-order valence-corrected chi connectivity index (χ4v) is 3.62. The van der Waals surface area contributed by atoms with E-state index in [-0.39, 0.29) is 18.6 Å². The lowest BCUT2D eigenvalue weighted by Crippen LogP contribution is -2.53. The summed E-state index contributed by atoms with van der Waals surface area (Å²) in [5.41, 5.74) is 8.79. The van der Waals surface area contributed by atoms with E-state index in [1.807, 2.05) is 26.0 Å². The van der Waals surface area contributed by atoms with E-state index in [9.17, 15) is 4.79 Å². The molecule has 1 saturated carbocycles. The summed E-state index contributed by atoms with van der Waals surface area (Å²) in [6, 6.07) is 6.55. The maximum atomic E-state index is 12.2. The predicted molar refractivity (Wildman–Crippen MR) is 85.6 cm³/mol. The second kappa shape index (κ2) is 6.67. The number of carbonyl (C=O) groups is 1. The van der Waals surface area contributed by atoms with Crippen molar-refractivity contribution in [3.8, 4) is 5.75 Å². The zero-order valence-electron chi connectivity index (χ0n) is 13.3. The Bertz CT molecular complexity index is 526. The molecule has 1 aliphatic carbocycles. The molecule has 1 heterocycles. The average Bonchev–Trinajstić information content (AvgIpc) is 2.94. The summed E-state index contributed by atoms with van der Waals surface area (Å²) < 4.78 is 5.63. The van der Waals surface area contributed by atoms with Crippen LogP contribution in [0.1, 0.15) is 30.4 Å². The highest BCUT2D eigenvalue weighted by Gasteiger charge is 2.37. The zero-order chi connectivity index (χ0) is 15.5. The normalized spacial score (nSPS) is 27.3. The lowest BCUT2D eigenvalue weighted by atomic mass is 9.82. The Balaban J connectivity index is 1.51. The molecule has 1 amide bonds. The van der Waals surface area contributed by atoms with Crippen LogP contribution in [0.3, 0.4) is 0 Å². The van der Waals surface area contributed by atoms with Gasteiger partial charge in [0.2, 0.25) is 0 Å². The van der Waals surface area contributed by atoms with Gasteiger partial charge in [-0.1, -0.05) is 12.5 Å². The number of rotatable bonds is 4. The molecule has 1 saturated heterocycles. The van der Waals surface area contributed by atoms with Gasteiger partial charge in [0.1, 0.15) is 5.75 Å². The molecular weight excluding hydrogens is 278 g/mol. The quantitative estimate of drug-likeness (QED) is 0.788. The van der Waals surface area contributed by atoms with E-state index in [2.05, 4.69) is 22.2 Å². The van der Waals surface area contributed by atoms with Gasteiger partial charge in [-0.3, -0.25) is 15.6 Å². The van der Waals surface area contributed by atoms with Crippen molar-refractivity contribution in [2.45, 2.75) is 45.2 Å². The van der Waals surface area contributed by atoms with Crippen molar-refractivity contribution >= 4 is 5.91 Å². The Morgan fingerprint density at radius 3 is 2.82 bits per heavy atom. The van der Waals surface area contributed by atoms with Crippen LogP contribution in [0.4, 0.5) is 0 Å². The highest BCUT2D eigenvalue weighted by molar-refractivity contribution is 5.78. The Morgan fingerprint density at radius 1 is 1.27 bits per heavy atom. The van der Waals surface area contributed by atoms with Crippen LogP contribution in [0, 0.1) is 19.8 Å². The molecule has 120 valence electrons. The Kier molecular flexibility index (Phi) is 4.64. The van der Waals surface area contributed by atoms with E-state index in [1.165, 1.54) is 12.8 Å². The first kappa shape index (κ1) is 15.3. The molecule has 3 atom stereocenters. The lowest BCUT2D eigenvalue weighted by molar-refractivity contribution is -0.124. The van der Waals surface area contributed by atoms with Crippen LogP contribution in [0.25, 0.3) is 0 Å². The number of hydrogen-bond acceptors (Lipinski definition) is 4. The van der Waals surface area contributed by atoms with Crippen molar-refractivity contribution in [2.75, 3.05) is 13.2 Å². The van der Waals surface area contributed by atoms with Gasteiger partial charge in [0.25, 0.3) is 5.91 Å². The SMILES string of the molecule is Cc1cc(C)cc(OCC(=O)NC2CCCC3CNNC32)c1. The number of ether oxygens (including phenoxy) is 1. The fourth-order valence-electron chi connectivity index (χ4n) is 3.62. The third-order valence-corrected chi connectivity index (χ3v) is 4.58. The van der Waals surface area contributed by atoms with Crippen LogP contribution in [-0.2, 0) is 4.79 Å². The van der Waals surface area contributed by atoms with Gasteiger partial charge >= 0.3 is 0 Å². The fraction of sp³-hybridized carbons (Fsp3) is 0.588. The molecule has 22 heavy (non-hydrogen) atoms. The number of hydrazine groups is 1. The molecule has 2 aliphatic rings. The van der Waals surface area contributed by atoms with Crippen LogP contribution in [0.15, 0.2) is 18.2 Å². The Hall–Kier alpha value is -1.59. The van der Waals surface area contributed by atoms with Gasteiger partial charge in [-0.05, 0) is 55.9 Å². The van der Waals surface area contributed by atoms with Gasteiger partial charge in [0.05, 0.1) is 0 Å². The van der Waals surface area contributed by atoms with Gasteiger partial charge in [0, 0.05) is 18.6 Å². The van der Waals surface area contributed by atoms with E-state index in [4.69, 9.17) is 4.74 Å².